The third-order valence-corrected chi connectivity index (χ3v) is 6.21. The molecule has 0 unspecified atom stereocenters. The average Bonchev–Trinajstić information content (AvgIpc) is 2.64. The lowest BCUT2D eigenvalue weighted by molar-refractivity contribution is -0.384. The molecule has 0 spiro atoms. The van der Waals surface area contributed by atoms with Crippen LogP contribution in [0, 0.1) is 15.5 Å². The van der Waals surface area contributed by atoms with Crippen LogP contribution >= 0.6 is 0 Å². The van der Waals surface area contributed by atoms with Gasteiger partial charge < -0.3 is 5.32 Å². The zero-order valence-electron chi connectivity index (χ0n) is 18.5. The number of hydrogen-bond acceptors (Lipinski definition) is 5. The number of non-ortho nitro benzene ring substituents is 1. The third-order valence-electron chi connectivity index (χ3n) is 4.42. The van der Waals surface area contributed by atoms with E-state index in [-0.39, 0.29) is 21.7 Å². The van der Waals surface area contributed by atoms with Crippen LogP contribution in [0.3, 0.4) is 0 Å². The van der Waals surface area contributed by atoms with Crippen molar-refractivity contribution in [1.82, 2.24) is 5.32 Å². The van der Waals surface area contributed by atoms with Gasteiger partial charge in [0.15, 0.2) is 0 Å². The molecule has 2 rings (SSSR count). The molecule has 168 valence electrons. The Morgan fingerprint density at radius 2 is 1.55 bits per heavy atom. The number of nitro benzene ring substituents is 1. The number of sulfonamides is 1. The van der Waals surface area contributed by atoms with E-state index < -0.39 is 32.9 Å². The highest BCUT2D eigenvalue weighted by Crippen LogP contribution is 2.28. The van der Waals surface area contributed by atoms with Crippen molar-refractivity contribution in [2.24, 2.45) is 5.41 Å². The SMILES string of the molecule is CC(C)(C)CC(C)(C)NC(=O)CN(c1ccc([N+](=O)[O-])cc1)S(=O)(=O)c1ccccc1. The molecule has 0 saturated heterocycles. The van der Waals surface area contributed by atoms with Crippen LogP contribution in [0.15, 0.2) is 59.5 Å². The van der Waals surface area contributed by atoms with E-state index in [1.54, 1.807) is 18.2 Å². The van der Waals surface area contributed by atoms with E-state index in [4.69, 9.17) is 0 Å². The zero-order chi connectivity index (χ0) is 23.4. The van der Waals surface area contributed by atoms with Crippen molar-refractivity contribution in [3.05, 3.63) is 64.7 Å². The van der Waals surface area contributed by atoms with E-state index in [9.17, 15) is 23.3 Å². The minimum Gasteiger partial charge on any atom is -0.350 e. The van der Waals surface area contributed by atoms with E-state index in [1.807, 2.05) is 13.8 Å². The maximum absolute atomic E-state index is 13.3. The largest absolute Gasteiger partial charge is 0.350 e. The van der Waals surface area contributed by atoms with Gasteiger partial charge in [-0.15, -0.1) is 0 Å². The monoisotopic (exact) mass is 447 g/mol. The smallest absolute Gasteiger partial charge is 0.269 e. The highest BCUT2D eigenvalue weighted by atomic mass is 32.2. The lowest BCUT2D eigenvalue weighted by Gasteiger charge is -2.34. The van der Waals surface area contributed by atoms with E-state index in [1.165, 1.54) is 36.4 Å². The molecule has 1 N–H and O–H groups in total. The molecule has 0 aliphatic carbocycles. The Bertz CT molecular complexity index is 1030. The van der Waals surface area contributed by atoms with Gasteiger partial charge in [-0.05, 0) is 49.9 Å². The van der Waals surface area contributed by atoms with Crippen LogP contribution in [0.2, 0.25) is 0 Å². The maximum Gasteiger partial charge on any atom is 0.269 e. The molecule has 0 bridgehead atoms. The summed E-state index contributed by atoms with van der Waals surface area (Å²) < 4.78 is 27.6. The molecule has 0 aromatic heterocycles. The molecule has 2 aromatic rings. The van der Waals surface area contributed by atoms with Crippen LogP contribution in [0.5, 0.6) is 0 Å². The molecular formula is C22H29N3O5S. The molecule has 0 heterocycles. The van der Waals surface area contributed by atoms with E-state index in [2.05, 4.69) is 26.1 Å². The van der Waals surface area contributed by atoms with Gasteiger partial charge in [-0.3, -0.25) is 19.2 Å². The van der Waals surface area contributed by atoms with Gasteiger partial charge in [0.05, 0.1) is 15.5 Å². The van der Waals surface area contributed by atoms with Crippen molar-refractivity contribution < 1.29 is 18.1 Å². The highest BCUT2D eigenvalue weighted by Gasteiger charge is 2.31. The van der Waals surface area contributed by atoms with Gasteiger partial charge in [0.2, 0.25) is 5.91 Å². The van der Waals surface area contributed by atoms with Gasteiger partial charge >= 0.3 is 0 Å². The Kier molecular flexibility index (Phi) is 7.10. The summed E-state index contributed by atoms with van der Waals surface area (Å²) in [5.41, 5.74) is -0.590. The van der Waals surface area contributed by atoms with Crippen molar-refractivity contribution in [2.45, 2.75) is 51.5 Å². The molecule has 8 nitrogen and oxygen atoms in total. The predicted molar refractivity (Wildman–Crippen MR) is 120 cm³/mol. The Morgan fingerprint density at radius 3 is 2.03 bits per heavy atom. The summed E-state index contributed by atoms with van der Waals surface area (Å²) in [7, 11) is -4.07. The molecule has 0 saturated carbocycles. The molecule has 0 aliphatic heterocycles. The summed E-state index contributed by atoms with van der Waals surface area (Å²) in [5.74, 6) is -0.466. The molecule has 0 aliphatic rings. The molecule has 2 aromatic carbocycles. The average molecular weight is 448 g/mol. The van der Waals surface area contributed by atoms with Crippen LogP contribution < -0.4 is 9.62 Å². The Morgan fingerprint density at radius 1 is 1.00 bits per heavy atom. The molecule has 0 atom stereocenters. The summed E-state index contributed by atoms with van der Waals surface area (Å²) in [6, 6.07) is 12.8. The first-order chi connectivity index (χ1) is 14.2. The minimum atomic E-state index is -4.07. The molecular weight excluding hydrogens is 418 g/mol. The highest BCUT2D eigenvalue weighted by molar-refractivity contribution is 7.92. The van der Waals surface area contributed by atoms with E-state index in [0.717, 1.165) is 4.31 Å². The summed E-state index contributed by atoms with van der Waals surface area (Å²) in [5, 5.41) is 13.9. The van der Waals surface area contributed by atoms with Gasteiger partial charge in [-0.25, -0.2) is 8.42 Å². The lowest BCUT2D eigenvalue weighted by Crippen LogP contribution is -2.50. The number of nitro groups is 1. The first-order valence-corrected chi connectivity index (χ1v) is 11.3. The number of nitrogens with zero attached hydrogens (tertiary/aromatic N) is 2. The fourth-order valence-corrected chi connectivity index (χ4v) is 5.13. The van der Waals surface area contributed by atoms with Crippen LogP contribution in [0.1, 0.15) is 41.0 Å². The van der Waals surface area contributed by atoms with Crippen LogP contribution in [0.25, 0.3) is 0 Å². The van der Waals surface area contributed by atoms with Crippen molar-refractivity contribution in [3.8, 4) is 0 Å². The molecule has 0 fully saturated rings. The number of amides is 1. The summed E-state index contributed by atoms with van der Waals surface area (Å²) >= 11 is 0. The Hall–Kier alpha value is -2.94. The molecule has 9 heteroatoms. The van der Waals surface area contributed by atoms with E-state index >= 15 is 0 Å². The number of rotatable bonds is 8. The summed E-state index contributed by atoms with van der Waals surface area (Å²) in [6.07, 6.45) is 0.689. The number of carbonyl (C=O) groups excluding carboxylic acids is 1. The number of hydrogen-bond donors (Lipinski definition) is 1. The first-order valence-electron chi connectivity index (χ1n) is 9.85. The van der Waals surface area contributed by atoms with Gasteiger partial charge in [0.25, 0.3) is 15.7 Å². The number of benzene rings is 2. The maximum atomic E-state index is 13.3. The summed E-state index contributed by atoms with van der Waals surface area (Å²) in [6.45, 7) is 9.50. The Labute approximate surface area is 183 Å². The van der Waals surface area contributed by atoms with Gasteiger partial charge in [-0.2, -0.15) is 0 Å². The van der Waals surface area contributed by atoms with Crippen molar-refractivity contribution in [2.75, 3.05) is 10.8 Å². The zero-order valence-corrected chi connectivity index (χ0v) is 19.3. The number of nitrogens with one attached hydrogen (secondary N) is 1. The topological polar surface area (TPSA) is 110 Å². The van der Waals surface area contributed by atoms with Crippen LogP contribution in [-0.2, 0) is 14.8 Å². The fraction of sp³-hybridized carbons (Fsp3) is 0.409. The number of carbonyl (C=O) groups is 1. The second-order valence-corrected chi connectivity index (χ2v) is 11.1. The van der Waals surface area contributed by atoms with E-state index in [0.29, 0.717) is 6.42 Å². The fourth-order valence-electron chi connectivity index (χ4n) is 3.69. The van der Waals surface area contributed by atoms with Gasteiger partial charge in [0, 0.05) is 17.7 Å². The lowest BCUT2D eigenvalue weighted by atomic mass is 9.82. The van der Waals surface area contributed by atoms with Crippen molar-refractivity contribution in [1.29, 1.82) is 0 Å². The predicted octanol–water partition coefficient (Wildman–Crippen LogP) is 4.12. The van der Waals surface area contributed by atoms with Crippen molar-refractivity contribution >= 4 is 27.3 Å². The quantitative estimate of drug-likeness (QED) is 0.483. The second kappa shape index (κ2) is 9.05. The standard InChI is InChI=1S/C22H29N3O5S/c1-21(2,3)16-22(4,5)23-20(26)15-24(17-11-13-18(14-12-17)25(27)28)31(29,30)19-9-7-6-8-10-19/h6-14H,15-16H2,1-5H3,(H,23,26). The minimum absolute atomic E-state index is 0.0232. The summed E-state index contributed by atoms with van der Waals surface area (Å²) in [4.78, 5) is 23.3. The van der Waals surface area contributed by atoms with Crippen LogP contribution in [0.4, 0.5) is 11.4 Å². The molecule has 1 amide bonds. The number of anilines is 1. The van der Waals surface area contributed by atoms with Gasteiger partial charge in [-0.1, -0.05) is 39.0 Å². The second-order valence-electron chi connectivity index (χ2n) is 9.27. The first kappa shape index (κ1) is 24.3. The van der Waals surface area contributed by atoms with Gasteiger partial charge in [0.1, 0.15) is 6.54 Å². The molecule has 0 radical (unpaired) electrons. The van der Waals surface area contributed by atoms with Crippen molar-refractivity contribution in [3.63, 3.8) is 0 Å². The molecule has 31 heavy (non-hydrogen) atoms. The Balaban J connectivity index is 2.38. The third kappa shape index (κ3) is 6.78. The normalized spacial score (nSPS) is 12.3. The van der Waals surface area contributed by atoms with Crippen LogP contribution in [-0.4, -0.2) is 31.3 Å².